The molecule has 4 rings (SSSR count). The van der Waals surface area contributed by atoms with Crippen molar-refractivity contribution in [2.75, 3.05) is 11.1 Å². The number of hydrogen-bond donors (Lipinski definition) is 1. The zero-order chi connectivity index (χ0) is 17.2. The standard InChI is InChI=1S/C17H15BrN4OS2/c1-2-6-25-17-20-16-14(21-22-17)12-8-11(18)3-4-13(12)19-15(23-16)10-5-7-24-9-10/h3-5,7-9,15,19H,2,6H2,1H3. The third-order valence-electron chi connectivity index (χ3n) is 3.67. The summed E-state index contributed by atoms with van der Waals surface area (Å²) in [6, 6.07) is 8.06. The lowest BCUT2D eigenvalue weighted by Crippen LogP contribution is -2.16. The maximum atomic E-state index is 6.20. The summed E-state index contributed by atoms with van der Waals surface area (Å²) in [5.74, 6) is 1.46. The van der Waals surface area contributed by atoms with E-state index in [-0.39, 0.29) is 6.23 Å². The van der Waals surface area contributed by atoms with Gasteiger partial charge in [-0.15, -0.1) is 10.2 Å². The minimum absolute atomic E-state index is 0.312. The van der Waals surface area contributed by atoms with E-state index in [1.54, 1.807) is 23.1 Å². The molecule has 3 aromatic rings. The second-order valence-corrected chi connectivity index (χ2v) is 8.24. The van der Waals surface area contributed by atoms with Crippen LogP contribution in [0, 0.1) is 0 Å². The maximum absolute atomic E-state index is 6.20. The smallest absolute Gasteiger partial charge is 0.247 e. The van der Waals surface area contributed by atoms with E-state index in [2.05, 4.69) is 48.7 Å². The third-order valence-corrected chi connectivity index (χ3v) is 5.91. The number of halogens is 1. The van der Waals surface area contributed by atoms with E-state index < -0.39 is 0 Å². The van der Waals surface area contributed by atoms with Crippen molar-refractivity contribution < 1.29 is 4.74 Å². The molecule has 0 radical (unpaired) electrons. The van der Waals surface area contributed by atoms with Gasteiger partial charge in [0.15, 0.2) is 11.9 Å². The number of hydrogen-bond acceptors (Lipinski definition) is 7. The number of ether oxygens (including phenoxy) is 1. The highest BCUT2D eigenvalue weighted by atomic mass is 79.9. The van der Waals surface area contributed by atoms with Crippen molar-refractivity contribution in [2.24, 2.45) is 0 Å². The maximum Gasteiger partial charge on any atom is 0.247 e. The Morgan fingerprint density at radius 3 is 3.04 bits per heavy atom. The summed E-state index contributed by atoms with van der Waals surface area (Å²) < 4.78 is 7.17. The van der Waals surface area contributed by atoms with Gasteiger partial charge in [0.2, 0.25) is 11.0 Å². The van der Waals surface area contributed by atoms with Gasteiger partial charge in [-0.2, -0.15) is 16.3 Å². The summed E-state index contributed by atoms with van der Waals surface area (Å²) in [7, 11) is 0. The highest BCUT2D eigenvalue weighted by Crippen LogP contribution is 2.41. The fraction of sp³-hybridized carbons (Fsp3) is 0.235. The lowest BCUT2D eigenvalue weighted by molar-refractivity contribution is 0.225. The minimum atomic E-state index is -0.312. The van der Waals surface area contributed by atoms with Gasteiger partial charge in [0.1, 0.15) is 0 Å². The topological polar surface area (TPSA) is 59.9 Å². The predicted octanol–water partition coefficient (Wildman–Crippen LogP) is 5.37. The summed E-state index contributed by atoms with van der Waals surface area (Å²) in [5.41, 5.74) is 3.59. The highest BCUT2D eigenvalue weighted by Gasteiger charge is 2.26. The first-order valence-electron chi connectivity index (χ1n) is 7.87. The van der Waals surface area contributed by atoms with Crippen LogP contribution in [0.3, 0.4) is 0 Å². The molecular formula is C17H15BrN4OS2. The van der Waals surface area contributed by atoms with Crippen molar-refractivity contribution in [1.29, 1.82) is 0 Å². The summed E-state index contributed by atoms with van der Waals surface area (Å²) in [6.45, 7) is 2.13. The van der Waals surface area contributed by atoms with Gasteiger partial charge in [-0.1, -0.05) is 34.6 Å². The number of rotatable bonds is 4. The van der Waals surface area contributed by atoms with Gasteiger partial charge in [-0.3, -0.25) is 0 Å². The Bertz CT molecular complexity index is 888. The molecule has 1 aliphatic heterocycles. The number of anilines is 1. The Balaban J connectivity index is 1.81. The molecule has 0 saturated heterocycles. The highest BCUT2D eigenvalue weighted by molar-refractivity contribution is 9.10. The molecule has 1 aliphatic rings. The zero-order valence-electron chi connectivity index (χ0n) is 13.4. The Labute approximate surface area is 162 Å². The van der Waals surface area contributed by atoms with Crippen LogP contribution in [0.2, 0.25) is 0 Å². The number of thiophene rings is 1. The summed E-state index contributed by atoms with van der Waals surface area (Å²) in [6.07, 6.45) is 0.744. The van der Waals surface area contributed by atoms with Crippen molar-refractivity contribution in [1.82, 2.24) is 15.2 Å². The largest absolute Gasteiger partial charge is 0.448 e. The molecule has 2 aromatic heterocycles. The van der Waals surface area contributed by atoms with Crippen LogP contribution in [0.5, 0.6) is 5.88 Å². The molecular weight excluding hydrogens is 420 g/mol. The SMILES string of the molecule is CCCSc1nnc2c(n1)OC(c1ccsc1)Nc1ccc(Br)cc1-2. The summed E-state index contributed by atoms with van der Waals surface area (Å²) in [4.78, 5) is 4.61. The number of benzene rings is 1. The second kappa shape index (κ2) is 7.31. The minimum Gasteiger partial charge on any atom is -0.448 e. The van der Waals surface area contributed by atoms with Crippen LogP contribution < -0.4 is 10.1 Å². The van der Waals surface area contributed by atoms with Crippen molar-refractivity contribution in [3.63, 3.8) is 0 Å². The van der Waals surface area contributed by atoms with Crippen LogP contribution in [0.15, 0.2) is 44.7 Å². The van der Waals surface area contributed by atoms with Crippen LogP contribution in [-0.2, 0) is 0 Å². The lowest BCUT2D eigenvalue weighted by Gasteiger charge is -2.17. The molecule has 3 heterocycles. The van der Waals surface area contributed by atoms with Crippen molar-refractivity contribution in [3.8, 4) is 17.1 Å². The summed E-state index contributed by atoms with van der Waals surface area (Å²) in [5, 5.41) is 16.9. The fourth-order valence-electron chi connectivity index (χ4n) is 2.50. The van der Waals surface area contributed by atoms with E-state index in [1.807, 2.05) is 29.6 Å². The number of aromatic nitrogens is 3. The first-order valence-corrected chi connectivity index (χ1v) is 10.6. The van der Waals surface area contributed by atoms with E-state index in [1.165, 1.54) is 0 Å². The first kappa shape index (κ1) is 16.8. The average molecular weight is 435 g/mol. The van der Waals surface area contributed by atoms with Gasteiger partial charge < -0.3 is 10.1 Å². The molecule has 1 unspecified atom stereocenters. The fourth-order valence-corrected chi connectivity index (χ4v) is 4.17. The average Bonchev–Trinajstić information content (AvgIpc) is 3.10. The van der Waals surface area contributed by atoms with E-state index in [9.17, 15) is 0 Å². The molecule has 0 bridgehead atoms. The lowest BCUT2D eigenvalue weighted by atomic mass is 10.1. The summed E-state index contributed by atoms with van der Waals surface area (Å²) >= 11 is 6.76. The Kier molecular flexibility index (Phi) is 4.91. The van der Waals surface area contributed by atoms with Crippen molar-refractivity contribution in [3.05, 3.63) is 45.1 Å². The van der Waals surface area contributed by atoms with E-state index >= 15 is 0 Å². The van der Waals surface area contributed by atoms with Crippen LogP contribution in [-0.4, -0.2) is 20.9 Å². The van der Waals surface area contributed by atoms with E-state index in [0.717, 1.165) is 33.5 Å². The molecule has 128 valence electrons. The van der Waals surface area contributed by atoms with Crippen LogP contribution >= 0.6 is 39.0 Å². The van der Waals surface area contributed by atoms with E-state index in [4.69, 9.17) is 4.74 Å². The molecule has 5 nitrogen and oxygen atoms in total. The number of fused-ring (bicyclic) bond motifs is 3. The number of nitrogens with one attached hydrogen (secondary N) is 1. The normalized spacial score (nSPS) is 15.5. The zero-order valence-corrected chi connectivity index (χ0v) is 16.6. The number of thioether (sulfide) groups is 1. The van der Waals surface area contributed by atoms with Gasteiger partial charge in [0.05, 0.1) is 0 Å². The van der Waals surface area contributed by atoms with Crippen LogP contribution in [0.1, 0.15) is 25.1 Å². The van der Waals surface area contributed by atoms with E-state index in [0.29, 0.717) is 16.7 Å². The second-order valence-electron chi connectivity index (χ2n) is 5.49. The monoisotopic (exact) mass is 434 g/mol. The van der Waals surface area contributed by atoms with Crippen molar-refractivity contribution >= 4 is 44.7 Å². The van der Waals surface area contributed by atoms with Gasteiger partial charge >= 0.3 is 0 Å². The molecule has 0 fully saturated rings. The molecule has 0 saturated carbocycles. The van der Waals surface area contributed by atoms with Gasteiger partial charge in [0, 0.05) is 27.0 Å². The van der Waals surface area contributed by atoms with Gasteiger partial charge in [-0.05, 0) is 41.4 Å². The number of nitrogens with zero attached hydrogens (tertiary/aromatic N) is 3. The molecule has 8 heteroatoms. The predicted molar refractivity (Wildman–Crippen MR) is 105 cm³/mol. The Morgan fingerprint density at radius 2 is 2.24 bits per heavy atom. The quantitative estimate of drug-likeness (QED) is 0.557. The van der Waals surface area contributed by atoms with Gasteiger partial charge in [-0.25, -0.2) is 0 Å². The Morgan fingerprint density at radius 1 is 1.32 bits per heavy atom. The third kappa shape index (κ3) is 3.51. The molecule has 1 atom stereocenters. The Hall–Kier alpha value is -1.64. The molecule has 0 amide bonds. The van der Waals surface area contributed by atoms with Crippen molar-refractivity contribution in [2.45, 2.75) is 24.7 Å². The molecule has 0 aliphatic carbocycles. The molecule has 25 heavy (non-hydrogen) atoms. The van der Waals surface area contributed by atoms with Crippen LogP contribution in [0.4, 0.5) is 5.69 Å². The first-order chi connectivity index (χ1) is 12.2. The molecule has 0 spiro atoms. The van der Waals surface area contributed by atoms with Crippen LogP contribution in [0.25, 0.3) is 11.3 Å². The van der Waals surface area contributed by atoms with Gasteiger partial charge in [0.25, 0.3) is 0 Å². The molecule has 1 aromatic carbocycles. The molecule has 1 N–H and O–H groups in total.